The van der Waals surface area contributed by atoms with Crippen LogP contribution in [0, 0.1) is 0 Å². The van der Waals surface area contributed by atoms with Gasteiger partial charge < -0.3 is 16.0 Å². The van der Waals surface area contributed by atoms with Crippen molar-refractivity contribution >= 4 is 58.0 Å². The fraction of sp³-hybridized carbons (Fsp3) is 0.0500. The van der Waals surface area contributed by atoms with E-state index in [0.717, 1.165) is 21.3 Å². The molecule has 0 aliphatic carbocycles. The lowest BCUT2D eigenvalue weighted by atomic mass is 10.3. The molecule has 0 aliphatic heterocycles. The number of carbonyl (C=O) groups excluding carboxylic acids is 1. The molecule has 3 aromatic rings. The van der Waals surface area contributed by atoms with E-state index >= 15 is 0 Å². The molecular formula is C20H17ClN4OS2. The largest absolute Gasteiger partial charge is 0.355 e. The van der Waals surface area contributed by atoms with Gasteiger partial charge in [-0.2, -0.15) is 0 Å². The Bertz CT molecular complexity index is 961. The summed E-state index contributed by atoms with van der Waals surface area (Å²) in [5.41, 5.74) is 2.27. The summed E-state index contributed by atoms with van der Waals surface area (Å²) in [5, 5.41) is 10.8. The molecular weight excluding hydrogens is 412 g/mol. The van der Waals surface area contributed by atoms with E-state index in [-0.39, 0.29) is 5.91 Å². The number of carbonyl (C=O) groups is 1. The van der Waals surface area contributed by atoms with Crippen molar-refractivity contribution in [1.29, 1.82) is 0 Å². The third kappa shape index (κ3) is 5.69. The third-order valence-corrected chi connectivity index (χ3v) is 5.08. The van der Waals surface area contributed by atoms with Gasteiger partial charge in [-0.25, -0.2) is 4.98 Å². The van der Waals surface area contributed by atoms with Gasteiger partial charge in [0, 0.05) is 34.5 Å². The van der Waals surface area contributed by atoms with Gasteiger partial charge in [-0.1, -0.05) is 23.4 Å². The number of benzene rings is 2. The highest BCUT2D eigenvalue weighted by atomic mass is 35.5. The van der Waals surface area contributed by atoms with Crippen molar-refractivity contribution in [3.63, 3.8) is 0 Å². The third-order valence-electron chi connectivity index (χ3n) is 3.66. The molecule has 1 aromatic heterocycles. The molecule has 142 valence electrons. The molecule has 1 amide bonds. The van der Waals surface area contributed by atoms with Crippen molar-refractivity contribution < 1.29 is 4.79 Å². The Morgan fingerprint density at radius 2 is 1.57 bits per heavy atom. The summed E-state index contributed by atoms with van der Waals surface area (Å²) in [6.45, 7) is 0. The molecule has 28 heavy (non-hydrogen) atoms. The topological polar surface area (TPSA) is 66.1 Å². The van der Waals surface area contributed by atoms with Gasteiger partial charge >= 0.3 is 0 Å². The molecule has 1 heterocycles. The van der Waals surface area contributed by atoms with E-state index in [1.807, 2.05) is 42.5 Å². The number of halogens is 1. The van der Waals surface area contributed by atoms with Crippen LogP contribution in [-0.2, 0) is 0 Å². The highest BCUT2D eigenvalue weighted by molar-refractivity contribution is 7.99. The van der Waals surface area contributed by atoms with Gasteiger partial charge in [0.15, 0.2) is 5.11 Å². The number of thiocarbonyl (C=S) groups is 1. The van der Waals surface area contributed by atoms with Crippen LogP contribution in [0.1, 0.15) is 10.4 Å². The molecule has 3 rings (SSSR count). The fourth-order valence-electron chi connectivity index (χ4n) is 2.27. The van der Waals surface area contributed by atoms with Crippen LogP contribution in [0.2, 0.25) is 5.02 Å². The Hall–Kier alpha value is -2.61. The van der Waals surface area contributed by atoms with Gasteiger partial charge in [0.2, 0.25) is 0 Å². The van der Waals surface area contributed by atoms with E-state index in [0.29, 0.717) is 15.7 Å². The van der Waals surface area contributed by atoms with Crippen LogP contribution in [0.25, 0.3) is 0 Å². The van der Waals surface area contributed by atoms with Gasteiger partial charge in [0.1, 0.15) is 5.03 Å². The number of hydrogen-bond donors (Lipinski definition) is 3. The number of anilines is 2. The smallest absolute Gasteiger partial charge is 0.252 e. The minimum absolute atomic E-state index is 0.150. The maximum absolute atomic E-state index is 11.6. The molecule has 0 spiro atoms. The minimum atomic E-state index is -0.150. The lowest BCUT2D eigenvalue weighted by Crippen LogP contribution is -2.18. The van der Waals surface area contributed by atoms with Gasteiger partial charge in [0.05, 0.1) is 5.56 Å². The highest BCUT2D eigenvalue weighted by Crippen LogP contribution is 2.27. The van der Waals surface area contributed by atoms with Crippen LogP contribution in [0.5, 0.6) is 0 Å². The standard InChI is InChI=1S/C20H17ClN4OS2/c1-22-19(26)13-2-11-18(23-12-13)28-17-9-7-16(8-10-17)25-20(27)24-15-5-3-14(21)4-6-15/h2-12H,1H3,(H,22,26)(H2,24,25,27). The summed E-state index contributed by atoms with van der Waals surface area (Å²) < 4.78 is 0. The number of amides is 1. The Morgan fingerprint density at radius 3 is 2.11 bits per heavy atom. The van der Waals surface area contributed by atoms with Crippen molar-refractivity contribution in [3.05, 3.63) is 77.4 Å². The second-order valence-corrected chi connectivity index (χ2v) is 7.62. The van der Waals surface area contributed by atoms with E-state index in [2.05, 4.69) is 20.9 Å². The van der Waals surface area contributed by atoms with Crippen molar-refractivity contribution in [2.75, 3.05) is 17.7 Å². The van der Waals surface area contributed by atoms with Crippen molar-refractivity contribution in [2.24, 2.45) is 0 Å². The first kappa shape index (κ1) is 20.1. The summed E-state index contributed by atoms with van der Waals surface area (Å²) >= 11 is 12.7. The van der Waals surface area contributed by atoms with Crippen LogP contribution in [0.3, 0.4) is 0 Å². The van der Waals surface area contributed by atoms with Gasteiger partial charge in [-0.15, -0.1) is 0 Å². The average Bonchev–Trinajstić information content (AvgIpc) is 2.71. The molecule has 0 unspecified atom stereocenters. The molecule has 0 saturated heterocycles. The molecule has 0 bridgehead atoms. The zero-order chi connectivity index (χ0) is 19.9. The molecule has 5 nitrogen and oxygen atoms in total. The van der Waals surface area contributed by atoms with E-state index in [1.165, 1.54) is 11.8 Å². The zero-order valence-corrected chi connectivity index (χ0v) is 17.3. The number of rotatable bonds is 5. The summed E-state index contributed by atoms with van der Waals surface area (Å²) in [4.78, 5) is 16.9. The number of nitrogens with one attached hydrogen (secondary N) is 3. The lowest BCUT2D eigenvalue weighted by Gasteiger charge is -2.11. The fourth-order valence-corrected chi connectivity index (χ4v) is 3.39. The van der Waals surface area contributed by atoms with E-state index in [1.54, 1.807) is 31.4 Å². The number of hydrogen-bond acceptors (Lipinski definition) is 4. The second-order valence-electron chi connectivity index (χ2n) is 5.68. The number of pyridine rings is 1. The first-order chi connectivity index (χ1) is 13.5. The number of nitrogens with zero attached hydrogens (tertiary/aromatic N) is 1. The normalized spacial score (nSPS) is 10.2. The van der Waals surface area contributed by atoms with Crippen LogP contribution in [-0.4, -0.2) is 23.1 Å². The Morgan fingerprint density at radius 1 is 0.964 bits per heavy atom. The van der Waals surface area contributed by atoms with Crippen molar-refractivity contribution in [1.82, 2.24) is 10.3 Å². The maximum atomic E-state index is 11.6. The molecule has 0 atom stereocenters. The molecule has 0 radical (unpaired) electrons. The van der Waals surface area contributed by atoms with Gasteiger partial charge in [0.25, 0.3) is 5.91 Å². The van der Waals surface area contributed by atoms with Gasteiger partial charge in [-0.3, -0.25) is 4.79 Å². The van der Waals surface area contributed by atoms with Gasteiger partial charge in [-0.05, 0) is 72.9 Å². The molecule has 0 fully saturated rings. The average molecular weight is 429 g/mol. The predicted molar refractivity (Wildman–Crippen MR) is 119 cm³/mol. The summed E-state index contributed by atoms with van der Waals surface area (Å²) in [7, 11) is 1.59. The van der Waals surface area contributed by atoms with Crippen LogP contribution in [0.15, 0.2) is 76.8 Å². The summed E-state index contributed by atoms with van der Waals surface area (Å²) in [6, 6.07) is 18.7. The van der Waals surface area contributed by atoms with E-state index in [9.17, 15) is 4.79 Å². The van der Waals surface area contributed by atoms with Crippen LogP contribution < -0.4 is 16.0 Å². The first-order valence-electron chi connectivity index (χ1n) is 8.33. The number of aromatic nitrogens is 1. The zero-order valence-electron chi connectivity index (χ0n) is 14.9. The predicted octanol–water partition coefficient (Wildman–Crippen LogP) is 5.05. The summed E-state index contributed by atoms with van der Waals surface area (Å²) in [5.74, 6) is -0.150. The Balaban J connectivity index is 1.56. The van der Waals surface area contributed by atoms with E-state index in [4.69, 9.17) is 23.8 Å². The minimum Gasteiger partial charge on any atom is -0.355 e. The maximum Gasteiger partial charge on any atom is 0.252 e. The summed E-state index contributed by atoms with van der Waals surface area (Å²) in [6.07, 6.45) is 1.57. The van der Waals surface area contributed by atoms with Crippen LogP contribution in [0.4, 0.5) is 11.4 Å². The van der Waals surface area contributed by atoms with Crippen molar-refractivity contribution in [3.8, 4) is 0 Å². The highest BCUT2D eigenvalue weighted by Gasteiger charge is 2.05. The Kier molecular flexibility index (Phi) is 6.86. The lowest BCUT2D eigenvalue weighted by molar-refractivity contribution is 0.0962. The molecule has 3 N–H and O–H groups in total. The molecule has 8 heteroatoms. The Labute approximate surface area is 177 Å². The van der Waals surface area contributed by atoms with E-state index < -0.39 is 0 Å². The monoisotopic (exact) mass is 428 g/mol. The second kappa shape index (κ2) is 9.54. The molecule has 0 saturated carbocycles. The van der Waals surface area contributed by atoms with Crippen molar-refractivity contribution in [2.45, 2.75) is 9.92 Å². The molecule has 0 aliphatic rings. The quantitative estimate of drug-likeness (QED) is 0.494. The SMILES string of the molecule is CNC(=O)c1ccc(Sc2ccc(NC(=S)Nc3ccc(Cl)cc3)cc2)nc1. The van der Waals surface area contributed by atoms with Crippen LogP contribution >= 0.6 is 35.6 Å². The molecule has 2 aromatic carbocycles. The first-order valence-corrected chi connectivity index (χ1v) is 9.93.